The number of amides is 1. The van der Waals surface area contributed by atoms with Gasteiger partial charge in [0.1, 0.15) is 0 Å². The highest BCUT2D eigenvalue weighted by atomic mass is 16.5. The molecule has 1 atom stereocenters. The topological polar surface area (TPSA) is 55.4 Å². The summed E-state index contributed by atoms with van der Waals surface area (Å²) in [6, 6.07) is 7.06. The van der Waals surface area contributed by atoms with Crippen LogP contribution in [0.5, 0.6) is 0 Å². The van der Waals surface area contributed by atoms with E-state index in [2.05, 4.69) is 5.32 Å². The predicted octanol–water partition coefficient (Wildman–Crippen LogP) is 1.60. The molecule has 0 radical (unpaired) electrons. The van der Waals surface area contributed by atoms with Crippen LogP contribution in [-0.2, 0) is 15.1 Å². The second-order valence-electron chi connectivity index (χ2n) is 4.58. The van der Waals surface area contributed by atoms with Crippen LogP contribution in [0.3, 0.4) is 0 Å². The molecular formula is C13H15NO3. The van der Waals surface area contributed by atoms with Crippen molar-refractivity contribution in [1.82, 2.24) is 5.32 Å². The number of hydrogen-bond donors (Lipinski definition) is 1. The second-order valence-corrected chi connectivity index (χ2v) is 4.58. The summed E-state index contributed by atoms with van der Waals surface area (Å²) in [5, 5.41) is 2.69. The molecule has 1 heterocycles. The third-order valence-electron chi connectivity index (χ3n) is 2.82. The fourth-order valence-electron chi connectivity index (χ4n) is 1.97. The molecule has 0 aromatic heterocycles. The number of carbonyl (C=O) groups is 2. The van der Waals surface area contributed by atoms with Gasteiger partial charge in [-0.3, -0.25) is 4.79 Å². The Morgan fingerprint density at radius 3 is 2.65 bits per heavy atom. The van der Waals surface area contributed by atoms with E-state index in [0.29, 0.717) is 11.1 Å². The highest BCUT2D eigenvalue weighted by Gasteiger charge is 2.46. The number of carbonyl (C=O) groups excluding carboxylic acids is 2. The van der Waals surface area contributed by atoms with Crippen LogP contribution >= 0.6 is 0 Å². The van der Waals surface area contributed by atoms with E-state index in [-0.39, 0.29) is 12.0 Å². The lowest BCUT2D eigenvalue weighted by molar-refractivity contribution is -0.154. The maximum absolute atomic E-state index is 12.0. The molecule has 1 aromatic carbocycles. The lowest BCUT2D eigenvalue weighted by Crippen LogP contribution is -2.45. The molecule has 0 spiro atoms. The molecular weight excluding hydrogens is 218 g/mol. The van der Waals surface area contributed by atoms with Crippen molar-refractivity contribution in [3.63, 3.8) is 0 Å². The number of esters is 1. The molecule has 0 saturated heterocycles. The number of nitrogens with one attached hydrogen (secondary N) is 1. The Morgan fingerprint density at radius 2 is 2.00 bits per heavy atom. The molecule has 0 bridgehead atoms. The first-order valence-electron chi connectivity index (χ1n) is 5.58. The summed E-state index contributed by atoms with van der Waals surface area (Å²) in [6.45, 7) is 5.23. The minimum atomic E-state index is -1.07. The Hall–Kier alpha value is -1.84. The first-order chi connectivity index (χ1) is 7.95. The van der Waals surface area contributed by atoms with Gasteiger partial charge in [0.15, 0.2) is 5.54 Å². The van der Waals surface area contributed by atoms with Gasteiger partial charge in [0, 0.05) is 11.1 Å². The Balaban J connectivity index is 2.41. The zero-order valence-corrected chi connectivity index (χ0v) is 10.1. The van der Waals surface area contributed by atoms with Gasteiger partial charge in [-0.25, -0.2) is 4.79 Å². The van der Waals surface area contributed by atoms with Gasteiger partial charge < -0.3 is 10.1 Å². The van der Waals surface area contributed by atoms with E-state index >= 15 is 0 Å². The number of fused-ring (bicyclic) bond motifs is 1. The van der Waals surface area contributed by atoms with Crippen LogP contribution in [0.1, 0.15) is 36.7 Å². The van der Waals surface area contributed by atoms with Gasteiger partial charge in [-0.15, -0.1) is 0 Å². The van der Waals surface area contributed by atoms with E-state index in [1.165, 1.54) is 0 Å². The largest absolute Gasteiger partial charge is 0.461 e. The molecule has 0 fully saturated rings. The van der Waals surface area contributed by atoms with E-state index in [4.69, 9.17) is 4.74 Å². The maximum Gasteiger partial charge on any atom is 0.336 e. The van der Waals surface area contributed by atoms with Gasteiger partial charge in [0.05, 0.1) is 6.10 Å². The minimum Gasteiger partial charge on any atom is -0.461 e. The van der Waals surface area contributed by atoms with E-state index in [1.54, 1.807) is 45.0 Å². The van der Waals surface area contributed by atoms with Crippen molar-refractivity contribution < 1.29 is 14.3 Å². The zero-order valence-electron chi connectivity index (χ0n) is 10.1. The van der Waals surface area contributed by atoms with Crippen LogP contribution < -0.4 is 5.32 Å². The standard InChI is InChI=1S/C13H15NO3/c1-8(2)17-12(16)13(3)10-7-5-4-6-9(10)11(15)14-13/h4-8H,1-3H3,(H,14,15)/t13-/m0/s1. The Labute approximate surface area is 100.0 Å². The molecule has 0 unspecified atom stereocenters. The van der Waals surface area contributed by atoms with Gasteiger partial charge in [-0.05, 0) is 26.8 Å². The summed E-state index contributed by atoms with van der Waals surface area (Å²) < 4.78 is 5.19. The van der Waals surface area contributed by atoms with E-state index < -0.39 is 11.5 Å². The monoisotopic (exact) mass is 233 g/mol. The summed E-state index contributed by atoms with van der Waals surface area (Å²) in [7, 11) is 0. The molecule has 1 aliphatic rings. The molecule has 0 aliphatic carbocycles. The molecule has 1 N–H and O–H groups in total. The molecule has 4 heteroatoms. The van der Waals surface area contributed by atoms with Crippen molar-refractivity contribution in [2.45, 2.75) is 32.4 Å². The van der Waals surface area contributed by atoms with Crippen LogP contribution in [0.15, 0.2) is 24.3 Å². The van der Waals surface area contributed by atoms with Crippen molar-refractivity contribution >= 4 is 11.9 Å². The number of hydrogen-bond acceptors (Lipinski definition) is 3. The van der Waals surface area contributed by atoms with Crippen molar-refractivity contribution in [3.05, 3.63) is 35.4 Å². The quantitative estimate of drug-likeness (QED) is 0.789. The van der Waals surface area contributed by atoms with Crippen LogP contribution in [0.2, 0.25) is 0 Å². The van der Waals surface area contributed by atoms with E-state index in [9.17, 15) is 9.59 Å². The minimum absolute atomic E-state index is 0.205. The van der Waals surface area contributed by atoms with Gasteiger partial charge >= 0.3 is 5.97 Å². The SMILES string of the molecule is CC(C)OC(=O)[C@@]1(C)NC(=O)c2ccccc21. The molecule has 0 saturated carbocycles. The van der Waals surface area contributed by atoms with Crippen LogP contribution in [0.25, 0.3) is 0 Å². The highest BCUT2D eigenvalue weighted by Crippen LogP contribution is 2.32. The van der Waals surface area contributed by atoms with Gasteiger partial charge in [0.25, 0.3) is 5.91 Å². The number of rotatable bonds is 2. The van der Waals surface area contributed by atoms with Gasteiger partial charge in [0.2, 0.25) is 0 Å². The fraction of sp³-hybridized carbons (Fsp3) is 0.385. The summed E-state index contributed by atoms with van der Waals surface area (Å²) in [5.74, 6) is -0.658. The smallest absolute Gasteiger partial charge is 0.336 e. The lowest BCUT2D eigenvalue weighted by atomic mass is 9.92. The van der Waals surface area contributed by atoms with Gasteiger partial charge in [-0.1, -0.05) is 18.2 Å². The second kappa shape index (κ2) is 3.87. The lowest BCUT2D eigenvalue weighted by Gasteiger charge is -2.24. The Kier molecular flexibility index (Phi) is 2.65. The maximum atomic E-state index is 12.0. The molecule has 1 amide bonds. The summed E-state index contributed by atoms with van der Waals surface area (Å²) >= 11 is 0. The molecule has 90 valence electrons. The normalized spacial score (nSPS) is 22.2. The molecule has 1 aromatic rings. The number of ether oxygens (including phenoxy) is 1. The fourth-order valence-corrected chi connectivity index (χ4v) is 1.97. The Bertz CT molecular complexity index is 481. The van der Waals surface area contributed by atoms with Crippen molar-refractivity contribution in [1.29, 1.82) is 0 Å². The van der Waals surface area contributed by atoms with Crippen molar-refractivity contribution in [3.8, 4) is 0 Å². The van der Waals surface area contributed by atoms with Crippen LogP contribution in [-0.4, -0.2) is 18.0 Å². The molecule has 4 nitrogen and oxygen atoms in total. The third kappa shape index (κ3) is 1.79. The van der Waals surface area contributed by atoms with Crippen LogP contribution in [0.4, 0.5) is 0 Å². The average molecular weight is 233 g/mol. The first-order valence-corrected chi connectivity index (χ1v) is 5.58. The summed E-state index contributed by atoms with van der Waals surface area (Å²) in [6.07, 6.45) is -0.205. The first kappa shape index (κ1) is 11.6. The van der Waals surface area contributed by atoms with Crippen LogP contribution in [0, 0.1) is 0 Å². The zero-order chi connectivity index (χ0) is 12.6. The van der Waals surface area contributed by atoms with Gasteiger partial charge in [-0.2, -0.15) is 0 Å². The highest BCUT2D eigenvalue weighted by molar-refractivity contribution is 6.05. The van der Waals surface area contributed by atoms with Crippen molar-refractivity contribution in [2.75, 3.05) is 0 Å². The summed E-state index contributed by atoms with van der Waals surface area (Å²) in [4.78, 5) is 23.8. The predicted molar refractivity (Wildman–Crippen MR) is 62.5 cm³/mol. The van der Waals surface area contributed by atoms with E-state index in [0.717, 1.165) is 0 Å². The van der Waals surface area contributed by atoms with Crippen molar-refractivity contribution in [2.24, 2.45) is 0 Å². The Morgan fingerprint density at radius 1 is 1.35 bits per heavy atom. The molecule has 1 aliphatic heterocycles. The summed E-state index contributed by atoms with van der Waals surface area (Å²) in [5.41, 5.74) is 0.143. The average Bonchev–Trinajstić information content (AvgIpc) is 2.53. The third-order valence-corrected chi connectivity index (χ3v) is 2.82. The number of benzene rings is 1. The molecule has 2 rings (SSSR count). The molecule has 17 heavy (non-hydrogen) atoms. The van der Waals surface area contributed by atoms with E-state index in [1.807, 2.05) is 0 Å².